The number of aryl methyl sites for hydroxylation is 2. The van der Waals surface area contributed by atoms with Crippen LogP contribution in [0.15, 0.2) is 12.1 Å². The molecule has 2 nitrogen and oxygen atoms in total. The summed E-state index contributed by atoms with van der Waals surface area (Å²) < 4.78 is 11.0. The summed E-state index contributed by atoms with van der Waals surface area (Å²) in [6.45, 7) is 1.33. The third kappa shape index (κ3) is 1.86. The quantitative estimate of drug-likeness (QED) is 0.748. The van der Waals surface area contributed by atoms with Gasteiger partial charge < -0.3 is 9.47 Å². The molecule has 0 spiro atoms. The number of hydrogen-bond donors (Lipinski definition) is 0. The lowest BCUT2D eigenvalue weighted by atomic mass is 9.90. The van der Waals surface area contributed by atoms with Crippen LogP contribution in [0.4, 0.5) is 0 Å². The van der Waals surface area contributed by atoms with E-state index in [0.29, 0.717) is 13.2 Å². The predicted molar refractivity (Wildman–Crippen MR) is 62.7 cm³/mol. The minimum absolute atomic E-state index is 0.250. The van der Waals surface area contributed by atoms with Crippen molar-refractivity contribution in [3.05, 3.63) is 33.8 Å². The molecule has 0 bridgehead atoms. The third-order valence-corrected chi connectivity index (χ3v) is 3.66. The second kappa shape index (κ2) is 4.36. The summed E-state index contributed by atoms with van der Waals surface area (Å²) in [4.78, 5) is 0. The standard InChI is InChI=1S/C13H15ClO2/c14-12-8-10-4-2-1-3-9(10)7-11(12)13-15-5-6-16-13/h7-8,13H,1-6H2. The molecule has 1 aromatic rings. The molecule has 0 atom stereocenters. The van der Waals surface area contributed by atoms with Gasteiger partial charge >= 0.3 is 0 Å². The van der Waals surface area contributed by atoms with Gasteiger partial charge in [-0.2, -0.15) is 0 Å². The SMILES string of the molecule is Clc1cc2c(cc1C1OCCO1)CCCC2. The second-order valence-corrected chi connectivity index (χ2v) is 4.83. The number of halogens is 1. The van der Waals surface area contributed by atoms with Crippen molar-refractivity contribution in [1.29, 1.82) is 0 Å². The Morgan fingerprint density at radius 1 is 1.00 bits per heavy atom. The van der Waals surface area contributed by atoms with Crippen molar-refractivity contribution in [2.45, 2.75) is 32.0 Å². The number of rotatable bonds is 1. The monoisotopic (exact) mass is 238 g/mol. The van der Waals surface area contributed by atoms with E-state index in [2.05, 4.69) is 12.1 Å². The van der Waals surface area contributed by atoms with E-state index in [-0.39, 0.29) is 6.29 Å². The molecule has 1 aliphatic carbocycles. The summed E-state index contributed by atoms with van der Waals surface area (Å²) in [6, 6.07) is 4.27. The lowest BCUT2D eigenvalue weighted by Gasteiger charge is -2.19. The van der Waals surface area contributed by atoms with Crippen molar-refractivity contribution < 1.29 is 9.47 Å². The Hall–Kier alpha value is -0.570. The summed E-state index contributed by atoms with van der Waals surface area (Å²) in [6.07, 6.45) is 4.62. The van der Waals surface area contributed by atoms with E-state index in [4.69, 9.17) is 21.1 Å². The summed E-state index contributed by atoms with van der Waals surface area (Å²) in [5, 5.41) is 0.785. The van der Waals surface area contributed by atoms with Gasteiger partial charge in [0.2, 0.25) is 0 Å². The van der Waals surface area contributed by atoms with Crippen LogP contribution in [0.2, 0.25) is 5.02 Å². The number of hydrogen-bond acceptors (Lipinski definition) is 2. The Morgan fingerprint density at radius 2 is 1.62 bits per heavy atom. The first-order valence-corrected chi connectivity index (χ1v) is 6.27. The molecule has 16 heavy (non-hydrogen) atoms. The molecular weight excluding hydrogens is 224 g/mol. The van der Waals surface area contributed by atoms with Gasteiger partial charge in [-0.25, -0.2) is 0 Å². The molecule has 0 radical (unpaired) electrons. The average Bonchev–Trinajstić information content (AvgIpc) is 2.81. The maximum atomic E-state index is 6.28. The van der Waals surface area contributed by atoms with Gasteiger partial charge in [0.1, 0.15) is 0 Å². The van der Waals surface area contributed by atoms with Crippen molar-refractivity contribution >= 4 is 11.6 Å². The Balaban J connectivity index is 1.98. The van der Waals surface area contributed by atoms with E-state index in [1.54, 1.807) is 0 Å². The van der Waals surface area contributed by atoms with Gasteiger partial charge in [0.15, 0.2) is 6.29 Å². The molecule has 2 aliphatic rings. The molecule has 3 heteroatoms. The van der Waals surface area contributed by atoms with E-state index < -0.39 is 0 Å². The van der Waals surface area contributed by atoms with Crippen molar-refractivity contribution in [2.24, 2.45) is 0 Å². The van der Waals surface area contributed by atoms with Gasteiger partial charge in [-0.05, 0) is 48.9 Å². The van der Waals surface area contributed by atoms with Crippen molar-refractivity contribution in [3.63, 3.8) is 0 Å². The van der Waals surface area contributed by atoms with Crippen molar-refractivity contribution in [2.75, 3.05) is 13.2 Å². The fourth-order valence-electron chi connectivity index (χ4n) is 2.49. The second-order valence-electron chi connectivity index (χ2n) is 4.42. The molecule has 0 amide bonds. The highest BCUT2D eigenvalue weighted by molar-refractivity contribution is 6.31. The fourth-order valence-corrected chi connectivity index (χ4v) is 2.77. The topological polar surface area (TPSA) is 18.5 Å². The van der Waals surface area contributed by atoms with E-state index in [0.717, 1.165) is 23.4 Å². The van der Waals surface area contributed by atoms with Gasteiger partial charge in [0, 0.05) is 10.6 Å². The van der Waals surface area contributed by atoms with Gasteiger partial charge in [0.05, 0.1) is 13.2 Å². The molecule has 0 unspecified atom stereocenters. The molecule has 1 heterocycles. The lowest BCUT2D eigenvalue weighted by molar-refractivity contribution is -0.0440. The molecule has 3 rings (SSSR count). The maximum Gasteiger partial charge on any atom is 0.185 e. The molecule has 1 fully saturated rings. The summed E-state index contributed by atoms with van der Waals surface area (Å²) in [5.41, 5.74) is 3.82. The van der Waals surface area contributed by atoms with Gasteiger partial charge in [-0.15, -0.1) is 0 Å². The highest BCUT2D eigenvalue weighted by atomic mass is 35.5. The van der Waals surface area contributed by atoms with E-state index in [9.17, 15) is 0 Å². The first-order valence-electron chi connectivity index (χ1n) is 5.89. The zero-order chi connectivity index (χ0) is 11.0. The third-order valence-electron chi connectivity index (χ3n) is 3.34. The minimum Gasteiger partial charge on any atom is -0.346 e. The van der Waals surface area contributed by atoms with E-state index in [1.165, 1.54) is 24.0 Å². The Morgan fingerprint density at radius 3 is 2.31 bits per heavy atom. The Labute approximate surface area is 101 Å². The van der Waals surface area contributed by atoms with E-state index >= 15 is 0 Å². The largest absolute Gasteiger partial charge is 0.346 e. The van der Waals surface area contributed by atoms with E-state index in [1.807, 2.05) is 0 Å². The van der Waals surface area contributed by atoms with Crippen LogP contribution in [0.25, 0.3) is 0 Å². The summed E-state index contributed by atoms with van der Waals surface area (Å²) in [5.74, 6) is 0. The molecule has 0 N–H and O–H groups in total. The zero-order valence-corrected chi connectivity index (χ0v) is 9.93. The first kappa shape index (κ1) is 10.6. The van der Waals surface area contributed by atoms with Crippen LogP contribution in [-0.4, -0.2) is 13.2 Å². The molecule has 1 aromatic carbocycles. The van der Waals surface area contributed by atoms with Crippen LogP contribution in [0.1, 0.15) is 35.8 Å². The first-order chi connectivity index (χ1) is 7.84. The van der Waals surface area contributed by atoms with Crippen LogP contribution >= 0.6 is 11.6 Å². The maximum absolute atomic E-state index is 6.28. The van der Waals surface area contributed by atoms with Crippen LogP contribution in [0.5, 0.6) is 0 Å². The van der Waals surface area contributed by atoms with Crippen LogP contribution < -0.4 is 0 Å². The van der Waals surface area contributed by atoms with Gasteiger partial charge in [0.25, 0.3) is 0 Å². The van der Waals surface area contributed by atoms with Crippen molar-refractivity contribution in [3.8, 4) is 0 Å². The Kier molecular flexibility index (Phi) is 2.88. The lowest BCUT2D eigenvalue weighted by Crippen LogP contribution is -2.06. The van der Waals surface area contributed by atoms with Crippen LogP contribution in [0, 0.1) is 0 Å². The summed E-state index contributed by atoms with van der Waals surface area (Å²) >= 11 is 6.28. The molecular formula is C13H15ClO2. The summed E-state index contributed by atoms with van der Waals surface area (Å²) in [7, 11) is 0. The highest BCUT2D eigenvalue weighted by Crippen LogP contribution is 2.34. The zero-order valence-electron chi connectivity index (χ0n) is 9.17. The normalized spacial score (nSPS) is 21.1. The molecule has 0 saturated carbocycles. The van der Waals surface area contributed by atoms with Crippen LogP contribution in [0.3, 0.4) is 0 Å². The number of ether oxygens (including phenoxy) is 2. The van der Waals surface area contributed by atoms with Gasteiger partial charge in [-0.1, -0.05) is 11.6 Å². The average molecular weight is 239 g/mol. The van der Waals surface area contributed by atoms with Crippen molar-refractivity contribution in [1.82, 2.24) is 0 Å². The molecule has 1 aliphatic heterocycles. The molecule has 0 aromatic heterocycles. The minimum atomic E-state index is -0.250. The number of benzene rings is 1. The molecule has 1 saturated heterocycles. The molecule has 86 valence electrons. The number of fused-ring (bicyclic) bond motifs is 1. The smallest absolute Gasteiger partial charge is 0.185 e. The highest BCUT2D eigenvalue weighted by Gasteiger charge is 2.23. The predicted octanol–water partition coefficient (Wildman–Crippen LogP) is 3.26. The Bertz CT molecular complexity index is 397. The fraction of sp³-hybridized carbons (Fsp3) is 0.538. The van der Waals surface area contributed by atoms with Gasteiger partial charge in [-0.3, -0.25) is 0 Å². The van der Waals surface area contributed by atoms with Crippen LogP contribution in [-0.2, 0) is 22.3 Å².